The number of aromatic nitrogens is 2. The molecular weight excluding hydrogens is 360 g/mol. The van der Waals surface area contributed by atoms with E-state index < -0.39 is 0 Å². The molecule has 2 aromatic rings. The van der Waals surface area contributed by atoms with E-state index in [9.17, 15) is 0 Å². The highest BCUT2D eigenvalue weighted by molar-refractivity contribution is 8.26. The Labute approximate surface area is 161 Å². The van der Waals surface area contributed by atoms with Gasteiger partial charge in [0, 0.05) is 36.8 Å². The number of hydrogen-bond donors (Lipinski definition) is 4. The van der Waals surface area contributed by atoms with Crippen molar-refractivity contribution in [3.8, 4) is 0 Å². The Morgan fingerprint density at radius 3 is 2.96 bits per heavy atom. The lowest BCUT2D eigenvalue weighted by molar-refractivity contribution is 0.768. The standard InChI is InChI=1S/C18H22N8S/c1-22-9-12(8-19)11-7-15-13(24-10-11)4-5-16(25-15)26-18(21)27-17(20)14-3-2-6-23-14/h4-5,7-10,14,20,23H,2-3,6,19H2,1H3,(H2,21,25,26). The van der Waals surface area contributed by atoms with E-state index in [1.165, 1.54) is 18.0 Å². The summed E-state index contributed by atoms with van der Waals surface area (Å²) in [6.07, 6.45) is 6.92. The van der Waals surface area contributed by atoms with Gasteiger partial charge < -0.3 is 16.8 Å². The van der Waals surface area contributed by atoms with Crippen LogP contribution in [0.1, 0.15) is 18.4 Å². The van der Waals surface area contributed by atoms with Crippen LogP contribution in [0.2, 0.25) is 0 Å². The first-order valence-electron chi connectivity index (χ1n) is 8.56. The molecule has 3 heterocycles. The molecule has 1 aliphatic heterocycles. The molecule has 0 aliphatic carbocycles. The quantitative estimate of drug-likeness (QED) is 0.471. The Morgan fingerprint density at radius 1 is 1.41 bits per heavy atom. The second kappa shape index (κ2) is 8.74. The molecule has 6 N–H and O–H groups in total. The lowest BCUT2D eigenvalue weighted by Crippen LogP contribution is -2.29. The third kappa shape index (κ3) is 4.69. The van der Waals surface area contributed by atoms with Crippen molar-refractivity contribution in [2.24, 2.45) is 21.5 Å². The maximum Gasteiger partial charge on any atom is 0.166 e. The molecule has 0 spiro atoms. The zero-order valence-corrected chi connectivity index (χ0v) is 15.8. The van der Waals surface area contributed by atoms with Crippen LogP contribution in [0.25, 0.3) is 16.6 Å². The molecule has 0 bridgehead atoms. The number of pyridine rings is 2. The number of aliphatic imine (C=N–C) groups is 2. The fourth-order valence-electron chi connectivity index (χ4n) is 2.80. The zero-order chi connectivity index (χ0) is 19.2. The largest absolute Gasteiger partial charge is 0.404 e. The number of fused-ring (bicyclic) bond motifs is 1. The molecule has 27 heavy (non-hydrogen) atoms. The molecule has 3 rings (SSSR count). The summed E-state index contributed by atoms with van der Waals surface area (Å²) in [7, 11) is 1.68. The van der Waals surface area contributed by atoms with Crippen LogP contribution in [0.4, 0.5) is 5.82 Å². The van der Waals surface area contributed by atoms with Crippen molar-refractivity contribution in [1.29, 1.82) is 5.41 Å². The van der Waals surface area contributed by atoms with Crippen LogP contribution >= 0.6 is 11.8 Å². The summed E-state index contributed by atoms with van der Waals surface area (Å²) in [6, 6.07) is 5.55. The highest BCUT2D eigenvalue weighted by Gasteiger charge is 2.20. The van der Waals surface area contributed by atoms with Crippen molar-refractivity contribution in [2.75, 3.05) is 13.6 Å². The average Bonchev–Trinajstić information content (AvgIpc) is 3.20. The van der Waals surface area contributed by atoms with E-state index in [-0.39, 0.29) is 6.04 Å². The summed E-state index contributed by atoms with van der Waals surface area (Å²) in [6.45, 7) is 0.939. The summed E-state index contributed by atoms with van der Waals surface area (Å²) in [5.41, 5.74) is 14.7. The molecule has 0 radical (unpaired) electrons. The topological polar surface area (TPSA) is 138 Å². The number of nitrogens with two attached hydrogens (primary N) is 2. The summed E-state index contributed by atoms with van der Waals surface area (Å²) in [4.78, 5) is 17.2. The smallest absolute Gasteiger partial charge is 0.166 e. The monoisotopic (exact) mass is 382 g/mol. The Bertz CT molecular complexity index is 928. The fourth-order valence-corrected chi connectivity index (χ4v) is 3.50. The van der Waals surface area contributed by atoms with Crippen LogP contribution in [0, 0.1) is 5.41 Å². The van der Waals surface area contributed by atoms with E-state index in [0.29, 0.717) is 21.5 Å². The minimum Gasteiger partial charge on any atom is -0.404 e. The maximum absolute atomic E-state index is 8.13. The fraction of sp³-hybridized carbons (Fsp3) is 0.278. The molecule has 0 aromatic carbocycles. The van der Waals surface area contributed by atoms with Crippen LogP contribution in [-0.4, -0.2) is 46.0 Å². The molecule has 0 saturated carbocycles. The van der Waals surface area contributed by atoms with E-state index >= 15 is 0 Å². The SMILES string of the molecule is CN=CC(=CN)c1cnc2ccc(N=C(N)SC(=N)C3CCCN3)nc2c1. The van der Waals surface area contributed by atoms with Crippen LogP contribution in [-0.2, 0) is 0 Å². The third-order valence-electron chi connectivity index (χ3n) is 4.12. The lowest BCUT2D eigenvalue weighted by Gasteiger charge is -2.10. The van der Waals surface area contributed by atoms with Gasteiger partial charge in [0.1, 0.15) is 0 Å². The van der Waals surface area contributed by atoms with Crippen molar-refractivity contribution in [2.45, 2.75) is 18.9 Å². The second-order valence-corrected chi connectivity index (χ2v) is 7.07. The highest BCUT2D eigenvalue weighted by Crippen LogP contribution is 2.21. The predicted molar refractivity (Wildman–Crippen MR) is 114 cm³/mol. The van der Waals surface area contributed by atoms with Crippen molar-refractivity contribution in [3.63, 3.8) is 0 Å². The minimum atomic E-state index is 0.0711. The van der Waals surface area contributed by atoms with Gasteiger partial charge in [0.25, 0.3) is 0 Å². The molecule has 8 nitrogen and oxygen atoms in total. The zero-order valence-electron chi connectivity index (χ0n) is 15.0. The van der Waals surface area contributed by atoms with Crippen molar-refractivity contribution >= 4 is 50.6 Å². The Balaban J connectivity index is 1.83. The minimum absolute atomic E-state index is 0.0711. The molecule has 1 atom stereocenters. The van der Waals surface area contributed by atoms with Crippen molar-refractivity contribution in [3.05, 3.63) is 36.2 Å². The first-order chi connectivity index (χ1) is 13.1. The third-order valence-corrected chi connectivity index (χ3v) is 4.92. The number of allylic oxidation sites excluding steroid dienone is 1. The summed E-state index contributed by atoms with van der Waals surface area (Å²) >= 11 is 1.17. The molecule has 140 valence electrons. The molecule has 1 unspecified atom stereocenters. The number of rotatable bonds is 4. The molecular formula is C18H22N8S. The van der Waals surface area contributed by atoms with E-state index in [1.807, 2.05) is 12.1 Å². The molecule has 1 fully saturated rings. The lowest BCUT2D eigenvalue weighted by atomic mass is 10.1. The molecule has 9 heteroatoms. The van der Waals surface area contributed by atoms with Crippen LogP contribution in [0.5, 0.6) is 0 Å². The normalized spacial score (nSPS) is 18.5. The van der Waals surface area contributed by atoms with E-state index in [2.05, 4.69) is 25.3 Å². The van der Waals surface area contributed by atoms with Crippen LogP contribution < -0.4 is 16.8 Å². The van der Waals surface area contributed by atoms with Gasteiger partial charge in [0.2, 0.25) is 0 Å². The van der Waals surface area contributed by atoms with Gasteiger partial charge >= 0.3 is 0 Å². The van der Waals surface area contributed by atoms with Gasteiger partial charge in [0.15, 0.2) is 11.0 Å². The first kappa shape index (κ1) is 19.0. The highest BCUT2D eigenvalue weighted by atomic mass is 32.2. The molecule has 1 saturated heterocycles. The van der Waals surface area contributed by atoms with Gasteiger partial charge in [-0.2, -0.15) is 0 Å². The molecule has 0 amide bonds. The van der Waals surface area contributed by atoms with Gasteiger partial charge in [0.05, 0.1) is 22.1 Å². The average molecular weight is 382 g/mol. The van der Waals surface area contributed by atoms with Crippen LogP contribution in [0.15, 0.2) is 40.6 Å². The molecule has 2 aromatic heterocycles. The van der Waals surface area contributed by atoms with Crippen LogP contribution in [0.3, 0.4) is 0 Å². The van der Waals surface area contributed by atoms with Gasteiger partial charge in [-0.05, 0) is 49.3 Å². The first-order valence-corrected chi connectivity index (χ1v) is 9.37. The second-order valence-electron chi connectivity index (χ2n) is 6.01. The number of nitrogens with zero attached hydrogens (tertiary/aromatic N) is 4. The van der Waals surface area contributed by atoms with Gasteiger partial charge in [-0.3, -0.25) is 15.4 Å². The van der Waals surface area contributed by atoms with E-state index in [4.69, 9.17) is 16.9 Å². The van der Waals surface area contributed by atoms with E-state index in [0.717, 1.165) is 36.0 Å². The summed E-state index contributed by atoms with van der Waals surface area (Å²) in [5, 5.41) is 12.2. The Morgan fingerprint density at radius 2 is 2.26 bits per heavy atom. The van der Waals surface area contributed by atoms with Gasteiger partial charge in [-0.25, -0.2) is 9.98 Å². The Hall–Kier alpha value is -2.78. The number of amidine groups is 1. The Kier molecular flexibility index (Phi) is 6.15. The van der Waals surface area contributed by atoms with E-state index in [1.54, 1.807) is 25.5 Å². The summed E-state index contributed by atoms with van der Waals surface area (Å²) < 4.78 is 0. The number of hydrogen-bond acceptors (Lipinski definition) is 8. The number of nitrogens with one attached hydrogen (secondary N) is 2. The van der Waals surface area contributed by atoms with Crippen molar-refractivity contribution < 1.29 is 0 Å². The predicted octanol–water partition coefficient (Wildman–Crippen LogP) is 2.04. The summed E-state index contributed by atoms with van der Waals surface area (Å²) in [5.74, 6) is 0.473. The van der Waals surface area contributed by atoms with Gasteiger partial charge in [-0.15, -0.1) is 0 Å². The van der Waals surface area contributed by atoms with Crippen molar-refractivity contribution in [1.82, 2.24) is 15.3 Å². The number of thioether (sulfide) groups is 1. The molecule has 1 aliphatic rings. The maximum atomic E-state index is 8.13. The van der Waals surface area contributed by atoms with Gasteiger partial charge in [-0.1, -0.05) is 0 Å².